The molecule has 0 unspecified atom stereocenters. The molecule has 3 aromatic rings. The Labute approximate surface area is 119 Å². The van der Waals surface area contributed by atoms with Crippen molar-refractivity contribution in [1.82, 2.24) is 4.98 Å². The third-order valence-corrected chi connectivity index (χ3v) is 3.43. The summed E-state index contributed by atoms with van der Waals surface area (Å²) in [6.45, 7) is 0.389. The Morgan fingerprint density at radius 3 is 2.80 bits per heavy atom. The van der Waals surface area contributed by atoms with Crippen molar-refractivity contribution in [2.45, 2.75) is 6.54 Å². The topological polar surface area (TPSA) is 27.8 Å². The van der Waals surface area contributed by atoms with Gasteiger partial charge >= 0.3 is 0 Å². The first-order valence-corrected chi connectivity index (χ1v) is 6.46. The van der Waals surface area contributed by atoms with Crippen molar-refractivity contribution in [3.05, 3.63) is 64.8 Å². The molecular weight excluding hydrogens is 282 g/mol. The van der Waals surface area contributed by atoms with E-state index in [-0.39, 0.29) is 10.7 Å². The monoisotopic (exact) mass is 292 g/mol. The molecule has 0 aliphatic rings. The van der Waals surface area contributed by atoms with E-state index >= 15 is 0 Å². The Hall–Kier alpha value is -2.07. The van der Waals surface area contributed by atoms with Crippen LogP contribution in [-0.2, 0) is 6.54 Å². The summed E-state index contributed by atoms with van der Waals surface area (Å²) in [5, 5.41) is 4.02. The van der Waals surface area contributed by atoms with Crippen LogP contribution in [0.25, 0.3) is 10.9 Å². The minimum Gasteiger partial charge on any atom is -0.377 e. The van der Waals surface area contributed by atoms with Gasteiger partial charge in [-0.2, -0.15) is 0 Å². The molecule has 0 atom stereocenters. The van der Waals surface area contributed by atoms with Crippen molar-refractivity contribution < 1.29 is 8.78 Å². The van der Waals surface area contributed by atoms with Gasteiger partial charge < -0.3 is 10.3 Å². The lowest BCUT2D eigenvalue weighted by Crippen LogP contribution is -2.03. The van der Waals surface area contributed by atoms with Gasteiger partial charge in [0, 0.05) is 18.8 Å². The summed E-state index contributed by atoms with van der Waals surface area (Å²) >= 11 is 5.85. The van der Waals surface area contributed by atoms with Gasteiger partial charge in [0.1, 0.15) is 5.82 Å². The van der Waals surface area contributed by atoms with Gasteiger partial charge in [-0.15, -0.1) is 0 Å². The Bertz CT molecular complexity index is 744. The molecule has 0 aliphatic carbocycles. The Kier molecular flexibility index (Phi) is 3.32. The van der Waals surface area contributed by atoms with Crippen LogP contribution >= 0.6 is 11.6 Å². The summed E-state index contributed by atoms with van der Waals surface area (Å²) in [5.41, 5.74) is 2.07. The maximum Gasteiger partial charge on any atom is 0.150 e. The lowest BCUT2D eigenvalue weighted by Gasteiger charge is -2.10. The quantitative estimate of drug-likeness (QED) is 0.719. The van der Waals surface area contributed by atoms with Crippen LogP contribution in [-0.4, -0.2) is 4.98 Å². The highest BCUT2D eigenvalue weighted by molar-refractivity contribution is 6.33. The average Bonchev–Trinajstić information content (AvgIpc) is 2.86. The van der Waals surface area contributed by atoms with Crippen molar-refractivity contribution in [3.63, 3.8) is 0 Å². The number of benzene rings is 2. The third-order valence-electron chi connectivity index (χ3n) is 3.14. The van der Waals surface area contributed by atoms with Crippen LogP contribution in [0.1, 0.15) is 5.56 Å². The second kappa shape index (κ2) is 5.13. The molecule has 0 radical (unpaired) electrons. The van der Waals surface area contributed by atoms with Crippen LogP contribution in [0.5, 0.6) is 0 Å². The van der Waals surface area contributed by atoms with Crippen LogP contribution in [0.3, 0.4) is 0 Å². The minimum absolute atomic E-state index is 0.0289. The first-order valence-electron chi connectivity index (χ1n) is 6.08. The van der Waals surface area contributed by atoms with Gasteiger partial charge in [0.25, 0.3) is 0 Å². The van der Waals surface area contributed by atoms with E-state index in [1.807, 2.05) is 30.5 Å². The number of hydrogen-bond donors (Lipinski definition) is 2. The van der Waals surface area contributed by atoms with E-state index in [0.717, 1.165) is 28.6 Å². The molecule has 20 heavy (non-hydrogen) atoms. The summed E-state index contributed by atoms with van der Waals surface area (Å²) in [7, 11) is 0. The molecule has 0 bridgehead atoms. The first kappa shape index (κ1) is 12.9. The number of rotatable bonds is 3. The summed E-state index contributed by atoms with van der Waals surface area (Å²) in [6, 6.07) is 9.70. The number of halogens is 3. The van der Waals surface area contributed by atoms with E-state index in [1.165, 1.54) is 0 Å². The van der Waals surface area contributed by atoms with E-state index in [2.05, 4.69) is 10.3 Å². The molecule has 0 saturated carbocycles. The molecule has 0 spiro atoms. The number of para-hydroxylation sites is 1. The second-order valence-corrected chi connectivity index (χ2v) is 4.86. The van der Waals surface area contributed by atoms with Crippen LogP contribution in [0.4, 0.5) is 14.5 Å². The maximum absolute atomic E-state index is 13.7. The summed E-state index contributed by atoms with van der Waals surface area (Å²) in [6.07, 6.45) is 1.85. The number of aromatic nitrogens is 1. The molecule has 2 nitrogen and oxygen atoms in total. The van der Waals surface area contributed by atoms with Gasteiger partial charge in [-0.25, -0.2) is 8.78 Å². The van der Waals surface area contributed by atoms with E-state index < -0.39 is 11.6 Å². The fraction of sp³-hybridized carbons (Fsp3) is 0.0667. The predicted molar refractivity (Wildman–Crippen MR) is 77.0 cm³/mol. The van der Waals surface area contributed by atoms with Crippen molar-refractivity contribution in [2.24, 2.45) is 0 Å². The predicted octanol–water partition coefficient (Wildman–Crippen LogP) is 4.71. The first-order chi connectivity index (χ1) is 9.65. The van der Waals surface area contributed by atoms with Gasteiger partial charge in [0.15, 0.2) is 5.82 Å². The number of fused-ring (bicyclic) bond motifs is 1. The van der Waals surface area contributed by atoms with Gasteiger partial charge in [0.05, 0.1) is 16.2 Å². The molecule has 3 rings (SSSR count). The molecule has 0 fully saturated rings. The van der Waals surface area contributed by atoms with Gasteiger partial charge in [-0.3, -0.25) is 0 Å². The zero-order valence-corrected chi connectivity index (χ0v) is 11.1. The molecule has 0 aliphatic heterocycles. The van der Waals surface area contributed by atoms with E-state index in [1.54, 1.807) is 0 Å². The highest BCUT2D eigenvalue weighted by Gasteiger charge is 2.10. The lowest BCUT2D eigenvalue weighted by molar-refractivity contribution is 0.585. The zero-order chi connectivity index (χ0) is 14.1. The van der Waals surface area contributed by atoms with Gasteiger partial charge in [0.2, 0.25) is 0 Å². The normalized spacial score (nSPS) is 10.9. The van der Waals surface area contributed by atoms with Crippen molar-refractivity contribution >= 4 is 28.2 Å². The largest absolute Gasteiger partial charge is 0.377 e. The summed E-state index contributed by atoms with van der Waals surface area (Å²) in [4.78, 5) is 3.14. The summed E-state index contributed by atoms with van der Waals surface area (Å²) < 4.78 is 26.7. The highest BCUT2D eigenvalue weighted by atomic mass is 35.5. The van der Waals surface area contributed by atoms with Crippen LogP contribution in [0.2, 0.25) is 5.02 Å². The van der Waals surface area contributed by atoms with Crippen molar-refractivity contribution in [2.75, 3.05) is 5.32 Å². The molecule has 1 aromatic heterocycles. The smallest absolute Gasteiger partial charge is 0.150 e. The number of nitrogens with one attached hydrogen (secondary N) is 2. The van der Waals surface area contributed by atoms with Gasteiger partial charge in [-0.05, 0) is 23.1 Å². The fourth-order valence-corrected chi connectivity index (χ4v) is 2.45. The maximum atomic E-state index is 13.7. The van der Waals surface area contributed by atoms with E-state index in [9.17, 15) is 8.78 Å². The van der Waals surface area contributed by atoms with Crippen molar-refractivity contribution in [3.8, 4) is 0 Å². The Balaban J connectivity index is 1.89. The van der Waals surface area contributed by atoms with Crippen LogP contribution in [0, 0.1) is 11.6 Å². The SMILES string of the molecule is Fc1cc(F)c(NCc2cccc3cc[nH]c23)c(Cl)c1. The number of H-pyrrole nitrogens is 1. The average molecular weight is 293 g/mol. The fourth-order valence-electron chi connectivity index (χ4n) is 2.19. The minimum atomic E-state index is -0.700. The number of hydrogen-bond acceptors (Lipinski definition) is 1. The summed E-state index contributed by atoms with van der Waals surface area (Å²) in [5.74, 6) is -1.39. The zero-order valence-electron chi connectivity index (χ0n) is 10.4. The van der Waals surface area contributed by atoms with Crippen LogP contribution < -0.4 is 5.32 Å². The Morgan fingerprint density at radius 2 is 2.00 bits per heavy atom. The standard InChI is InChI=1S/C15H11ClF2N2/c16-12-6-11(17)7-13(18)15(12)20-8-10-3-1-2-9-4-5-19-14(9)10/h1-7,19-20H,8H2. The highest BCUT2D eigenvalue weighted by Crippen LogP contribution is 2.27. The van der Waals surface area contributed by atoms with Crippen LogP contribution in [0.15, 0.2) is 42.6 Å². The van der Waals surface area contributed by atoms with E-state index in [0.29, 0.717) is 6.54 Å². The van der Waals surface area contributed by atoms with Crippen molar-refractivity contribution in [1.29, 1.82) is 0 Å². The molecular formula is C15H11ClF2N2. The molecule has 2 aromatic carbocycles. The van der Waals surface area contributed by atoms with Gasteiger partial charge in [-0.1, -0.05) is 29.8 Å². The molecule has 102 valence electrons. The molecule has 0 amide bonds. The molecule has 5 heteroatoms. The van der Waals surface area contributed by atoms with E-state index in [4.69, 9.17) is 11.6 Å². The Morgan fingerprint density at radius 1 is 1.15 bits per heavy atom. The third kappa shape index (κ3) is 2.34. The molecule has 2 N–H and O–H groups in total. The second-order valence-electron chi connectivity index (χ2n) is 4.46. The number of aromatic amines is 1. The molecule has 1 heterocycles. The molecule has 0 saturated heterocycles. The lowest BCUT2D eigenvalue weighted by atomic mass is 10.1. The number of anilines is 1.